The molecular formula is C31H50O4. The molecule has 0 heterocycles. The second kappa shape index (κ2) is 13.5. The van der Waals surface area contributed by atoms with Crippen molar-refractivity contribution in [3.63, 3.8) is 0 Å². The van der Waals surface area contributed by atoms with Gasteiger partial charge in [-0.3, -0.25) is 4.79 Å². The fraction of sp³-hybridized carbons (Fsp3) is 0.742. The predicted octanol–water partition coefficient (Wildman–Crippen LogP) is 8.37. The van der Waals surface area contributed by atoms with Crippen LogP contribution >= 0.6 is 0 Å². The molecule has 0 radical (unpaired) electrons. The van der Waals surface area contributed by atoms with E-state index in [1.807, 2.05) is 25.1 Å². The monoisotopic (exact) mass is 486 g/mol. The van der Waals surface area contributed by atoms with Gasteiger partial charge in [0, 0.05) is 0 Å². The zero-order valence-electron chi connectivity index (χ0n) is 23.2. The number of aliphatic carboxylic acids is 1. The third-order valence-corrected chi connectivity index (χ3v) is 8.85. The van der Waals surface area contributed by atoms with E-state index in [-0.39, 0.29) is 5.92 Å². The summed E-state index contributed by atoms with van der Waals surface area (Å²) in [5.41, 5.74) is 1.53. The van der Waals surface area contributed by atoms with Crippen molar-refractivity contribution in [2.45, 2.75) is 99.3 Å². The average molecular weight is 487 g/mol. The van der Waals surface area contributed by atoms with Crippen LogP contribution in [0, 0.1) is 47.3 Å². The molecule has 198 valence electrons. The summed E-state index contributed by atoms with van der Waals surface area (Å²) >= 11 is 0. The number of rotatable bonds is 7. The molecule has 7 unspecified atom stereocenters. The molecule has 0 amide bonds. The van der Waals surface area contributed by atoms with Crippen molar-refractivity contribution in [2.24, 2.45) is 47.3 Å². The molecule has 0 aliphatic heterocycles. The van der Waals surface area contributed by atoms with Gasteiger partial charge in [0.05, 0.1) is 11.5 Å². The van der Waals surface area contributed by atoms with Crippen LogP contribution in [0.4, 0.5) is 0 Å². The Kier molecular flexibility index (Phi) is 11.3. The molecule has 0 aromatic heterocycles. The zero-order valence-corrected chi connectivity index (χ0v) is 23.2. The third kappa shape index (κ3) is 8.36. The molecule has 0 spiro atoms. The number of hydrogen-bond acceptors (Lipinski definition) is 2. The Morgan fingerprint density at radius 2 is 1.37 bits per heavy atom. The van der Waals surface area contributed by atoms with E-state index in [0.29, 0.717) is 41.1 Å². The van der Waals surface area contributed by atoms with Gasteiger partial charge in [-0.05, 0) is 91.1 Å². The van der Waals surface area contributed by atoms with Crippen molar-refractivity contribution in [3.05, 3.63) is 35.4 Å². The van der Waals surface area contributed by atoms with Crippen molar-refractivity contribution < 1.29 is 19.8 Å². The van der Waals surface area contributed by atoms with Gasteiger partial charge < -0.3 is 10.2 Å². The Bertz CT molecular complexity index is 814. The lowest BCUT2D eigenvalue weighted by molar-refractivity contribution is -0.142. The Morgan fingerprint density at radius 3 is 1.91 bits per heavy atom. The fourth-order valence-corrected chi connectivity index (χ4v) is 6.80. The minimum absolute atomic E-state index is 0.184. The van der Waals surface area contributed by atoms with Crippen LogP contribution in [-0.2, 0) is 4.79 Å². The number of carboxylic acid groups (broad SMARTS) is 2. The summed E-state index contributed by atoms with van der Waals surface area (Å²) in [4.78, 5) is 22.4. The van der Waals surface area contributed by atoms with Crippen molar-refractivity contribution in [2.75, 3.05) is 0 Å². The normalized spacial score (nSPS) is 29.9. The maximum absolute atomic E-state index is 11.4. The van der Waals surface area contributed by atoms with Crippen molar-refractivity contribution in [3.8, 4) is 0 Å². The van der Waals surface area contributed by atoms with Crippen LogP contribution in [0.2, 0.25) is 0 Å². The second-order valence-corrected chi connectivity index (χ2v) is 12.4. The van der Waals surface area contributed by atoms with Crippen LogP contribution in [0.25, 0.3) is 0 Å². The van der Waals surface area contributed by atoms with E-state index in [2.05, 4.69) is 41.5 Å². The minimum atomic E-state index is -0.795. The van der Waals surface area contributed by atoms with Crippen LogP contribution in [-0.4, -0.2) is 22.2 Å². The number of hydrogen-bond donors (Lipinski definition) is 2. The molecule has 35 heavy (non-hydrogen) atoms. The Balaban J connectivity index is 0.000000251. The first-order valence-corrected chi connectivity index (χ1v) is 14.0. The Labute approximate surface area is 213 Å². The number of carboxylic acids is 2. The van der Waals surface area contributed by atoms with Crippen LogP contribution in [0.3, 0.4) is 0 Å². The highest BCUT2D eigenvalue weighted by Gasteiger charge is 2.34. The molecule has 2 saturated carbocycles. The smallest absolute Gasteiger partial charge is 0.335 e. The van der Waals surface area contributed by atoms with Gasteiger partial charge >= 0.3 is 11.9 Å². The quantitative estimate of drug-likeness (QED) is 0.406. The van der Waals surface area contributed by atoms with E-state index >= 15 is 0 Å². The summed E-state index contributed by atoms with van der Waals surface area (Å²) in [5, 5.41) is 18.4. The maximum Gasteiger partial charge on any atom is 0.335 e. The molecule has 4 heteroatoms. The molecule has 1 aromatic carbocycles. The van der Waals surface area contributed by atoms with E-state index in [1.165, 1.54) is 32.1 Å². The van der Waals surface area contributed by atoms with Crippen molar-refractivity contribution in [1.29, 1.82) is 0 Å². The van der Waals surface area contributed by atoms with Gasteiger partial charge in [-0.2, -0.15) is 0 Å². The Morgan fingerprint density at radius 1 is 0.829 bits per heavy atom. The zero-order chi connectivity index (χ0) is 26.3. The molecule has 3 rings (SSSR count). The highest BCUT2D eigenvalue weighted by Crippen LogP contribution is 2.45. The predicted molar refractivity (Wildman–Crippen MR) is 144 cm³/mol. The van der Waals surface area contributed by atoms with Crippen molar-refractivity contribution >= 4 is 11.9 Å². The van der Waals surface area contributed by atoms with E-state index in [4.69, 9.17) is 5.11 Å². The van der Waals surface area contributed by atoms with E-state index in [1.54, 1.807) is 6.07 Å². The first-order chi connectivity index (χ1) is 16.4. The lowest BCUT2D eigenvalue weighted by Crippen LogP contribution is -2.30. The number of carbonyl (C=O) groups is 2. The molecule has 2 N–H and O–H groups in total. The summed E-state index contributed by atoms with van der Waals surface area (Å²) in [6.07, 6.45) is 8.30. The topological polar surface area (TPSA) is 74.6 Å². The molecule has 1 aromatic rings. The molecule has 0 saturated heterocycles. The maximum atomic E-state index is 11.4. The van der Waals surface area contributed by atoms with E-state index in [0.717, 1.165) is 30.2 Å². The van der Waals surface area contributed by atoms with Gasteiger partial charge in [-0.25, -0.2) is 4.79 Å². The summed E-state index contributed by atoms with van der Waals surface area (Å²) in [5.74, 6) is 3.52. The minimum Gasteiger partial charge on any atom is -0.481 e. The Hall–Kier alpha value is -1.84. The molecule has 2 aliphatic carbocycles. The molecule has 2 aliphatic rings. The largest absolute Gasteiger partial charge is 0.481 e. The fourth-order valence-electron chi connectivity index (χ4n) is 6.80. The van der Waals surface area contributed by atoms with Crippen LogP contribution in [0.15, 0.2) is 24.3 Å². The highest BCUT2D eigenvalue weighted by atomic mass is 16.4. The molecular weight excluding hydrogens is 436 g/mol. The van der Waals surface area contributed by atoms with Crippen molar-refractivity contribution in [1.82, 2.24) is 0 Å². The number of aromatic carboxylic acids is 1. The van der Waals surface area contributed by atoms with Crippen LogP contribution in [0.5, 0.6) is 0 Å². The van der Waals surface area contributed by atoms with E-state index in [9.17, 15) is 14.7 Å². The third-order valence-electron chi connectivity index (χ3n) is 8.85. The first kappa shape index (κ1) is 29.4. The summed E-state index contributed by atoms with van der Waals surface area (Å²) in [6, 6.07) is 7.55. The first-order valence-electron chi connectivity index (χ1n) is 14.0. The van der Waals surface area contributed by atoms with Gasteiger partial charge in [-0.15, -0.1) is 0 Å². The molecule has 0 bridgehead atoms. The van der Waals surface area contributed by atoms with Gasteiger partial charge in [0.15, 0.2) is 0 Å². The SMILES string of the molecule is CC1CCC(C(C)C)C(CC(C)C(=O)O)C1.CC1CCC(C(C)C)C(c2ccccc2C(=O)O)C1. The molecule has 2 fully saturated rings. The lowest BCUT2D eigenvalue weighted by atomic mass is 9.67. The standard InChI is InChI=1S/C17H24O2.C14H26O2/c1-11(2)13-9-8-12(3)10-16(13)14-6-4-5-7-15(14)17(18)19;1-9(2)13-6-5-10(3)7-12(13)8-11(4)14(15)16/h4-7,11-13,16H,8-10H2,1-3H3,(H,18,19);9-13H,5-8H2,1-4H3,(H,15,16). The second-order valence-electron chi connectivity index (χ2n) is 12.4. The number of benzene rings is 1. The van der Waals surface area contributed by atoms with Gasteiger partial charge in [-0.1, -0.05) is 79.5 Å². The molecule has 4 nitrogen and oxygen atoms in total. The van der Waals surface area contributed by atoms with Gasteiger partial charge in [0.2, 0.25) is 0 Å². The average Bonchev–Trinajstić information content (AvgIpc) is 2.79. The van der Waals surface area contributed by atoms with Crippen LogP contribution < -0.4 is 0 Å². The summed E-state index contributed by atoms with van der Waals surface area (Å²) < 4.78 is 0. The summed E-state index contributed by atoms with van der Waals surface area (Å²) in [6.45, 7) is 15.5. The highest BCUT2D eigenvalue weighted by molar-refractivity contribution is 5.89. The van der Waals surface area contributed by atoms with Crippen LogP contribution in [0.1, 0.15) is 115 Å². The van der Waals surface area contributed by atoms with Gasteiger partial charge in [0.25, 0.3) is 0 Å². The summed E-state index contributed by atoms with van der Waals surface area (Å²) in [7, 11) is 0. The molecule has 7 atom stereocenters. The lowest BCUT2D eigenvalue weighted by Gasteiger charge is -2.38. The van der Waals surface area contributed by atoms with Gasteiger partial charge in [0.1, 0.15) is 0 Å². The van der Waals surface area contributed by atoms with E-state index < -0.39 is 11.9 Å².